The fourth-order valence-electron chi connectivity index (χ4n) is 4.33. The number of aliphatic hydroxyl groups is 1. The van der Waals surface area contributed by atoms with E-state index in [4.69, 9.17) is 28.8 Å². The van der Waals surface area contributed by atoms with Crippen molar-refractivity contribution in [1.29, 1.82) is 0 Å². The maximum absolute atomic E-state index is 12.7. The van der Waals surface area contributed by atoms with Crippen LogP contribution in [0.2, 0.25) is 0 Å². The molecule has 0 saturated heterocycles. The number of hydrogen-bond acceptors (Lipinski definition) is 8. The molecule has 2 heterocycles. The summed E-state index contributed by atoms with van der Waals surface area (Å²) in [7, 11) is 0. The van der Waals surface area contributed by atoms with E-state index in [1.807, 2.05) is 37.4 Å². The molecule has 1 aliphatic heterocycles. The number of carbonyl (C=O) groups excluding carboxylic acids is 2. The minimum atomic E-state index is -0.718. The Hall–Kier alpha value is -2.98. The molecule has 0 saturated carbocycles. The van der Waals surface area contributed by atoms with Crippen molar-refractivity contribution in [2.45, 2.75) is 32.5 Å². The van der Waals surface area contributed by atoms with Crippen LogP contribution < -0.4 is 0 Å². The molecule has 1 aromatic carbocycles. The summed E-state index contributed by atoms with van der Waals surface area (Å²) < 4.78 is 29.8. The van der Waals surface area contributed by atoms with E-state index in [-0.39, 0.29) is 43.3 Å². The van der Waals surface area contributed by atoms with Gasteiger partial charge in [0.25, 0.3) is 0 Å². The van der Waals surface area contributed by atoms with Crippen molar-refractivity contribution in [2.24, 2.45) is 5.92 Å². The number of para-hydroxylation sites is 1. The molecule has 0 amide bonds. The van der Waals surface area contributed by atoms with E-state index < -0.39 is 12.3 Å². The van der Waals surface area contributed by atoms with Crippen LogP contribution in [0.5, 0.6) is 0 Å². The number of hydrogen-bond donors (Lipinski definition) is 1. The predicted molar refractivity (Wildman–Crippen MR) is 134 cm³/mol. The van der Waals surface area contributed by atoms with Crippen LogP contribution in [0.15, 0.2) is 55.0 Å². The van der Waals surface area contributed by atoms with Gasteiger partial charge in [0.2, 0.25) is 18.0 Å². The fourth-order valence-corrected chi connectivity index (χ4v) is 4.33. The van der Waals surface area contributed by atoms with E-state index >= 15 is 0 Å². The van der Waals surface area contributed by atoms with Crippen LogP contribution in [0.25, 0.3) is 10.9 Å². The molecule has 2 aromatic rings. The molecule has 3 unspecified atom stereocenters. The molecule has 0 radical (unpaired) electrons. The molecule has 9 nitrogen and oxygen atoms in total. The minimum absolute atomic E-state index is 0.0328. The minimum Gasteiger partial charge on any atom is -0.457 e. The molecular formula is C27H35NO8. The Balaban J connectivity index is 1.95. The summed E-state index contributed by atoms with van der Waals surface area (Å²) in [5.41, 5.74) is 1.68. The standard InChI is InChI=1S/C27H35NO8/c1-4-12-35-26(31)25-17-22(23-18-28(19(3)30)24-9-7-6-8-20(23)24)21(27(36-25)34-5-2)10-13-32-15-16-33-14-11-29/h4,6-9,17-18,21-22,27,29H,1,5,10-16H2,2-3H3. The van der Waals surface area contributed by atoms with Crippen LogP contribution >= 0.6 is 0 Å². The lowest BCUT2D eigenvalue weighted by atomic mass is 9.81. The molecule has 3 rings (SSSR count). The quantitative estimate of drug-likeness (QED) is 0.239. The van der Waals surface area contributed by atoms with E-state index in [0.29, 0.717) is 32.8 Å². The van der Waals surface area contributed by atoms with E-state index in [1.54, 1.807) is 10.6 Å². The highest BCUT2D eigenvalue weighted by atomic mass is 16.7. The molecule has 0 bridgehead atoms. The number of aromatic nitrogens is 1. The number of nitrogens with zero attached hydrogens (tertiary/aromatic N) is 1. The zero-order valence-electron chi connectivity index (χ0n) is 20.9. The lowest BCUT2D eigenvalue weighted by molar-refractivity contribution is -0.176. The van der Waals surface area contributed by atoms with Gasteiger partial charge in [0.15, 0.2) is 0 Å². The second-order valence-electron chi connectivity index (χ2n) is 8.28. The van der Waals surface area contributed by atoms with Gasteiger partial charge in [0.1, 0.15) is 6.61 Å². The molecule has 36 heavy (non-hydrogen) atoms. The molecule has 1 aliphatic rings. The summed E-state index contributed by atoms with van der Waals surface area (Å²) in [4.78, 5) is 25.1. The molecular weight excluding hydrogens is 466 g/mol. The van der Waals surface area contributed by atoms with Gasteiger partial charge in [0.05, 0.1) is 31.9 Å². The first-order valence-corrected chi connectivity index (χ1v) is 12.2. The third kappa shape index (κ3) is 6.82. The molecule has 0 aliphatic carbocycles. The number of allylic oxidation sites excluding steroid dienone is 1. The lowest BCUT2D eigenvalue weighted by Crippen LogP contribution is -2.37. The first-order chi connectivity index (χ1) is 17.5. The van der Waals surface area contributed by atoms with Gasteiger partial charge in [-0.25, -0.2) is 4.79 Å². The van der Waals surface area contributed by atoms with Crippen LogP contribution in [0.1, 0.15) is 36.5 Å². The van der Waals surface area contributed by atoms with Crippen molar-refractivity contribution < 1.29 is 38.4 Å². The van der Waals surface area contributed by atoms with Crippen molar-refractivity contribution in [2.75, 3.05) is 46.2 Å². The van der Waals surface area contributed by atoms with E-state index in [9.17, 15) is 9.59 Å². The summed E-state index contributed by atoms with van der Waals surface area (Å²) in [6.45, 7) is 8.81. The monoisotopic (exact) mass is 501 g/mol. The van der Waals surface area contributed by atoms with Gasteiger partial charge in [-0.3, -0.25) is 9.36 Å². The maximum Gasteiger partial charge on any atom is 0.373 e. The van der Waals surface area contributed by atoms with Gasteiger partial charge in [-0.1, -0.05) is 30.9 Å². The Labute approximate surface area is 211 Å². The molecule has 1 N–H and O–H groups in total. The zero-order valence-corrected chi connectivity index (χ0v) is 20.9. The largest absolute Gasteiger partial charge is 0.457 e. The third-order valence-corrected chi connectivity index (χ3v) is 5.89. The number of esters is 1. The van der Waals surface area contributed by atoms with Gasteiger partial charge in [-0.2, -0.15) is 0 Å². The molecule has 196 valence electrons. The third-order valence-electron chi connectivity index (χ3n) is 5.89. The van der Waals surface area contributed by atoms with Crippen LogP contribution in [0.3, 0.4) is 0 Å². The Kier molecular flexibility index (Phi) is 10.7. The lowest BCUT2D eigenvalue weighted by Gasteiger charge is -2.36. The normalized spacial score (nSPS) is 19.5. The number of rotatable bonds is 14. The molecule has 0 spiro atoms. The molecule has 0 fully saturated rings. The summed E-state index contributed by atoms with van der Waals surface area (Å²) >= 11 is 0. The van der Waals surface area contributed by atoms with Crippen molar-refractivity contribution in [3.8, 4) is 0 Å². The number of ether oxygens (including phenoxy) is 5. The Morgan fingerprint density at radius 1 is 1.17 bits per heavy atom. The summed E-state index contributed by atoms with van der Waals surface area (Å²) in [6.07, 6.45) is 4.92. The fraction of sp³-hybridized carbons (Fsp3) is 0.481. The van der Waals surface area contributed by atoms with Gasteiger partial charge >= 0.3 is 5.97 Å². The highest BCUT2D eigenvalue weighted by Gasteiger charge is 2.39. The SMILES string of the molecule is C=CCOC(=O)C1=CC(c2cn(C(C)=O)c3ccccc23)C(CCOCCOCCO)C(OCC)O1. The van der Waals surface area contributed by atoms with E-state index in [0.717, 1.165) is 16.5 Å². The summed E-state index contributed by atoms with van der Waals surface area (Å²) in [5, 5.41) is 9.73. The first-order valence-electron chi connectivity index (χ1n) is 12.2. The number of fused-ring (bicyclic) bond motifs is 1. The smallest absolute Gasteiger partial charge is 0.373 e. The molecule has 9 heteroatoms. The van der Waals surface area contributed by atoms with E-state index in [1.165, 1.54) is 13.0 Å². The first kappa shape index (κ1) is 27.6. The van der Waals surface area contributed by atoms with E-state index in [2.05, 4.69) is 6.58 Å². The van der Waals surface area contributed by atoms with Crippen molar-refractivity contribution >= 4 is 22.8 Å². The topological polar surface area (TPSA) is 105 Å². The van der Waals surface area contributed by atoms with Crippen LogP contribution in [0, 0.1) is 5.92 Å². The van der Waals surface area contributed by atoms with Crippen molar-refractivity contribution in [3.63, 3.8) is 0 Å². The second-order valence-corrected chi connectivity index (χ2v) is 8.28. The molecule has 1 aromatic heterocycles. The Morgan fingerprint density at radius 3 is 2.61 bits per heavy atom. The Bertz CT molecular complexity index is 1060. The predicted octanol–water partition coefficient (Wildman–Crippen LogP) is 3.42. The van der Waals surface area contributed by atoms with Gasteiger partial charge < -0.3 is 28.8 Å². The summed E-state index contributed by atoms with van der Waals surface area (Å²) in [6, 6.07) is 7.66. The van der Waals surface area contributed by atoms with Gasteiger partial charge in [-0.05, 0) is 31.1 Å². The van der Waals surface area contributed by atoms with Crippen molar-refractivity contribution in [3.05, 3.63) is 60.5 Å². The summed E-state index contributed by atoms with van der Waals surface area (Å²) in [5.74, 6) is -1.15. The van der Waals surface area contributed by atoms with Gasteiger partial charge in [0, 0.05) is 43.6 Å². The average molecular weight is 502 g/mol. The van der Waals surface area contributed by atoms with Crippen LogP contribution in [-0.4, -0.2) is 74.1 Å². The Morgan fingerprint density at radius 2 is 1.92 bits per heavy atom. The number of carbonyl (C=O) groups is 2. The van der Waals surface area contributed by atoms with Crippen LogP contribution in [0.4, 0.5) is 0 Å². The zero-order chi connectivity index (χ0) is 25.9. The highest BCUT2D eigenvalue weighted by molar-refractivity contribution is 5.94. The molecule has 3 atom stereocenters. The number of benzene rings is 1. The average Bonchev–Trinajstić information content (AvgIpc) is 3.27. The van der Waals surface area contributed by atoms with Gasteiger partial charge in [-0.15, -0.1) is 0 Å². The van der Waals surface area contributed by atoms with Crippen LogP contribution in [-0.2, 0) is 28.5 Å². The highest BCUT2D eigenvalue weighted by Crippen LogP contribution is 2.42. The second kappa shape index (κ2) is 13.9. The van der Waals surface area contributed by atoms with Crippen molar-refractivity contribution in [1.82, 2.24) is 4.57 Å². The number of aliphatic hydroxyl groups excluding tert-OH is 1. The maximum atomic E-state index is 12.7.